The van der Waals surface area contributed by atoms with Crippen LogP contribution in [0.15, 0.2) is 29.2 Å². The Morgan fingerprint density at radius 3 is 2.22 bits per heavy atom. The standard InChI is InChI=1S/C19H31NO2S/c1-3-4-5-6-7-8-18-13-15-20(16-14-18)23(21,22)19-11-9-17(2)10-12-19/h9-12,18H,3-8,13-16H2,1-2H3. The van der Waals surface area contributed by atoms with Gasteiger partial charge < -0.3 is 0 Å². The Hall–Kier alpha value is -0.870. The van der Waals surface area contributed by atoms with Crippen molar-refractivity contribution in [1.29, 1.82) is 0 Å². The molecule has 0 amide bonds. The normalized spacial score (nSPS) is 17.5. The van der Waals surface area contributed by atoms with Gasteiger partial charge in [0.1, 0.15) is 0 Å². The maximum atomic E-state index is 12.7. The van der Waals surface area contributed by atoms with Crippen LogP contribution >= 0.6 is 0 Å². The molecule has 1 heterocycles. The molecule has 1 aromatic carbocycles. The van der Waals surface area contributed by atoms with E-state index >= 15 is 0 Å². The van der Waals surface area contributed by atoms with Crippen molar-refractivity contribution < 1.29 is 8.42 Å². The molecule has 0 saturated carbocycles. The Labute approximate surface area is 142 Å². The van der Waals surface area contributed by atoms with Crippen molar-refractivity contribution in [2.45, 2.75) is 70.1 Å². The van der Waals surface area contributed by atoms with Gasteiger partial charge in [-0.05, 0) is 37.8 Å². The lowest BCUT2D eigenvalue weighted by Gasteiger charge is -2.31. The number of rotatable bonds is 8. The van der Waals surface area contributed by atoms with Gasteiger partial charge in [0.05, 0.1) is 4.90 Å². The van der Waals surface area contributed by atoms with Gasteiger partial charge in [-0.1, -0.05) is 63.1 Å². The number of sulfonamides is 1. The Morgan fingerprint density at radius 2 is 1.61 bits per heavy atom. The second-order valence-corrected chi connectivity index (χ2v) is 8.80. The SMILES string of the molecule is CCCCCCCC1CCN(S(=O)(=O)c2ccc(C)cc2)CC1. The van der Waals surface area contributed by atoms with Crippen LogP contribution in [-0.2, 0) is 10.0 Å². The number of hydrogen-bond acceptors (Lipinski definition) is 2. The van der Waals surface area contributed by atoms with Gasteiger partial charge in [-0.3, -0.25) is 0 Å². The summed E-state index contributed by atoms with van der Waals surface area (Å²) in [7, 11) is -3.30. The summed E-state index contributed by atoms with van der Waals surface area (Å²) in [4.78, 5) is 0.432. The van der Waals surface area contributed by atoms with E-state index in [0.29, 0.717) is 23.9 Å². The molecule has 1 saturated heterocycles. The number of aryl methyl sites for hydroxylation is 1. The van der Waals surface area contributed by atoms with Crippen LogP contribution in [-0.4, -0.2) is 25.8 Å². The summed E-state index contributed by atoms with van der Waals surface area (Å²) in [6.07, 6.45) is 9.89. The molecular formula is C19H31NO2S. The number of piperidine rings is 1. The predicted molar refractivity (Wildman–Crippen MR) is 96.0 cm³/mol. The highest BCUT2D eigenvalue weighted by Gasteiger charge is 2.28. The van der Waals surface area contributed by atoms with E-state index in [9.17, 15) is 8.42 Å². The van der Waals surface area contributed by atoms with Crippen LogP contribution in [0.3, 0.4) is 0 Å². The average Bonchev–Trinajstić information content (AvgIpc) is 2.55. The predicted octanol–water partition coefficient (Wildman–Crippen LogP) is 4.76. The first-order chi connectivity index (χ1) is 11.0. The van der Waals surface area contributed by atoms with Gasteiger partial charge in [-0.15, -0.1) is 0 Å². The lowest BCUT2D eigenvalue weighted by atomic mass is 9.92. The molecule has 1 aliphatic heterocycles. The van der Waals surface area contributed by atoms with Crippen LogP contribution in [0.25, 0.3) is 0 Å². The molecule has 130 valence electrons. The zero-order valence-electron chi connectivity index (χ0n) is 14.6. The van der Waals surface area contributed by atoms with Gasteiger partial charge in [-0.2, -0.15) is 4.31 Å². The molecule has 1 aromatic rings. The topological polar surface area (TPSA) is 37.4 Å². The van der Waals surface area contributed by atoms with Gasteiger partial charge in [0, 0.05) is 13.1 Å². The molecule has 0 atom stereocenters. The lowest BCUT2D eigenvalue weighted by molar-refractivity contribution is 0.258. The maximum Gasteiger partial charge on any atom is 0.243 e. The van der Waals surface area contributed by atoms with Crippen LogP contribution in [0.1, 0.15) is 63.9 Å². The quantitative estimate of drug-likeness (QED) is 0.642. The zero-order valence-corrected chi connectivity index (χ0v) is 15.4. The number of hydrogen-bond donors (Lipinski definition) is 0. The molecule has 0 N–H and O–H groups in total. The first-order valence-electron chi connectivity index (χ1n) is 9.11. The zero-order chi connectivity index (χ0) is 16.7. The minimum absolute atomic E-state index is 0.432. The molecule has 4 heteroatoms. The Bertz CT molecular complexity index is 558. The highest BCUT2D eigenvalue weighted by molar-refractivity contribution is 7.89. The molecule has 1 fully saturated rings. The monoisotopic (exact) mass is 337 g/mol. The molecular weight excluding hydrogens is 306 g/mol. The molecule has 0 spiro atoms. The first kappa shape index (κ1) is 18.5. The largest absolute Gasteiger partial charge is 0.243 e. The van der Waals surface area contributed by atoms with Crippen LogP contribution in [0.4, 0.5) is 0 Å². The third-order valence-corrected chi connectivity index (χ3v) is 6.86. The highest BCUT2D eigenvalue weighted by Crippen LogP contribution is 2.27. The second-order valence-electron chi connectivity index (χ2n) is 6.86. The van der Waals surface area contributed by atoms with E-state index in [1.54, 1.807) is 16.4 Å². The number of nitrogens with zero attached hydrogens (tertiary/aromatic N) is 1. The Morgan fingerprint density at radius 1 is 1.00 bits per heavy atom. The molecule has 0 bridgehead atoms. The van der Waals surface area contributed by atoms with Crippen molar-refractivity contribution in [2.75, 3.05) is 13.1 Å². The van der Waals surface area contributed by atoms with E-state index in [1.807, 2.05) is 19.1 Å². The molecule has 0 radical (unpaired) electrons. The van der Waals surface area contributed by atoms with E-state index in [1.165, 1.54) is 38.5 Å². The first-order valence-corrected chi connectivity index (χ1v) is 10.5. The summed E-state index contributed by atoms with van der Waals surface area (Å²) >= 11 is 0. The molecule has 0 aromatic heterocycles. The van der Waals surface area contributed by atoms with Crippen LogP contribution in [0.5, 0.6) is 0 Å². The fourth-order valence-corrected chi connectivity index (χ4v) is 4.80. The second kappa shape index (κ2) is 8.84. The molecule has 1 aliphatic rings. The van der Waals surface area contributed by atoms with Gasteiger partial charge in [-0.25, -0.2) is 8.42 Å². The van der Waals surface area contributed by atoms with Gasteiger partial charge in [0.25, 0.3) is 0 Å². The Kier molecular flexibility index (Phi) is 7.09. The minimum atomic E-state index is -3.30. The van der Waals surface area contributed by atoms with Gasteiger partial charge >= 0.3 is 0 Å². The minimum Gasteiger partial charge on any atom is -0.207 e. The summed E-state index contributed by atoms with van der Waals surface area (Å²) in [5.41, 5.74) is 1.09. The van der Waals surface area contributed by atoms with Crippen LogP contribution in [0, 0.1) is 12.8 Å². The van der Waals surface area contributed by atoms with Gasteiger partial charge in [0.15, 0.2) is 0 Å². The molecule has 23 heavy (non-hydrogen) atoms. The summed E-state index contributed by atoms with van der Waals surface area (Å²) in [6, 6.07) is 7.20. The van der Waals surface area contributed by atoms with E-state index in [-0.39, 0.29) is 0 Å². The summed E-state index contributed by atoms with van der Waals surface area (Å²) in [5.74, 6) is 0.709. The summed E-state index contributed by atoms with van der Waals surface area (Å²) < 4.78 is 27.0. The number of benzene rings is 1. The average molecular weight is 338 g/mol. The van der Waals surface area contributed by atoms with Crippen molar-refractivity contribution in [1.82, 2.24) is 4.31 Å². The van der Waals surface area contributed by atoms with Gasteiger partial charge in [0.2, 0.25) is 10.0 Å². The van der Waals surface area contributed by atoms with Crippen molar-refractivity contribution >= 4 is 10.0 Å². The number of unbranched alkanes of at least 4 members (excludes halogenated alkanes) is 4. The fraction of sp³-hybridized carbons (Fsp3) is 0.684. The molecule has 0 aliphatic carbocycles. The van der Waals surface area contributed by atoms with Crippen molar-refractivity contribution in [3.63, 3.8) is 0 Å². The van der Waals surface area contributed by atoms with Crippen LogP contribution < -0.4 is 0 Å². The van der Waals surface area contributed by atoms with Crippen LogP contribution in [0.2, 0.25) is 0 Å². The van der Waals surface area contributed by atoms with E-state index < -0.39 is 10.0 Å². The highest BCUT2D eigenvalue weighted by atomic mass is 32.2. The fourth-order valence-electron chi connectivity index (χ4n) is 3.33. The van der Waals surface area contributed by atoms with Crippen molar-refractivity contribution in [2.24, 2.45) is 5.92 Å². The molecule has 0 unspecified atom stereocenters. The van der Waals surface area contributed by atoms with Crippen molar-refractivity contribution in [3.05, 3.63) is 29.8 Å². The van der Waals surface area contributed by atoms with Crippen molar-refractivity contribution in [3.8, 4) is 0 Å². The van der Waals surface area contributed by atoms with E-state index in [0.717, 1.165) is 18.4 Å². The maximum absolute atomic E-state index is 12.7. The van der Waals surface area contributed by atoms with E-state index in [4.69, 9.17) is 0 Å². The molecule has 2 rings (SSSR count). The molecule has 3 nitrogen and oxygen atoms in total. The summed E-state index contributed by atoms with van der Waals surface area (Å²) in [6.45, 7) is 5.57. The smallest absolute Gasteiger partial charge is 0.207 e. The van der Waals surface area contributed by atoms with E-state index in [2.05, 4.69) is 6.92 Å². The third-order valence-electron chi connectivity index (χ3n) is 4.95. The Balaban J connectivity index is 1.80. The third kappa shape index (κ3) is 5.32. The summed E-state index contributed by atoms with van der Waals surface area (Å²) in [5, 5.41) is 0. The lowest BCUT2D eigenvalue weighted by Crippen LogP contribution is -2.38.